The monoisotopic (exact) mass is 191 g/mol. The quantitative estimate of drug-likeness (QED) is 0.642. The summed E-state index contributed by atoms with van der Waals surface area (Å²) in [5.41, 5.74) is 0.949. The third-order valence-corrected chi connectivity index (χ3v) is 3.00. The molecule has 4 heteroatoms. The van der Waals surface area contributed by atoms with Crippen LogP contribution in [0.25, 0.3) is 0 Å². The van der Waals surface area contributed by atoms with Crippen molar-refractivity contribution in [2.45, 2.75) is 25.0 Å². The Bertz CT molecular complexity index is 193. The minimum absolute atomic E-state index is 0.0536. The van der Waals surface area contributed by atoms with E-state index >= 15 is 0 Å². The average molecular weight is 192 g/mol. The zero-order valence-corrected chi connectivity index (χ0v) is 7.91. The van der Waals surface area contributed by atoms with E-state index in [0.29, 0.717) is 11.1 Å². The summed E-state index contributed by atoms with van der Waals surface area (Å²) in [5, 5.41) is 0.239. The van der Waals surface area contributed by atoms with Crippen molar-refractivity contribution in [1.29, 1.82) is 0 Å². The zero-order chi connectivity index (χ0) is 8.27. The van der Waals surface area contributed by atoms with Crippen LogP contribution in [-0.2, 0) is 0 Å². The van der Waals surface area contributed by atoms with Gasteiger partial charge in [0, 0.05) is 11.6 Å². The fourth-order valence-corrected chi connectivity index (χ4v) is 2.08. The first kappa shape index (κ1) is 9.07. The van der Waals surface area contributed by atoms with Crippen LogP contribution >= 0.6 is 23.4 Å². The van der Waals surface area contributed by atoms with Gasteiger partial charge in [0.25, 0.3) is 0 Å². The van der Waals surface area contributed by atoms with Gasteiger partial charge in [-0.05, 0) is 19.8 Å². The number of hydrogen-bond acceptors (Lipinski definition) is 2. The molecule has 0 saturated carbocycles. The Morgan fingerprint density at radius 3 is 2.91 bits per heavy atom. The molecule has 0 radical (unpaired) electrons. The highest BCUT2D eigenvalue weighted by atomic mass is 35.5. The molecule has 0 aliphatic carbocycles. The smallest absolute Gasteiger partial charge is 0.259 e. The molecule has 0 saturated heterocycles. The molecule has 1 aliphatic heterocycles. The molecule has 1 rings (SSSR count). The summed E-state index contributed by atoms with van der Waals surface area (Å²) in [4.78, 5) is 14.6. The number of aliphatic imine (C=N–C) groups is 1. The lowest BCUT2D eigenvalue weighted by molar-refractivity contribution is 0.268. The molecule has 0 aromatic carbocycles. The molecular weight excluding hydrogens is 182 g/mol. The first-order valence-electron chi connectivity index (χ1n) is 3.56. The molecule has 0 aromatic heterocycles. The number of thioether (sulfide) groups is 1. The second-order valence-corrected chi connectivity index (χ2v) is 3.99. The van der Waals surface area contributed by atoms with Gasteiger partial charge < -0.3 is 0 Å². The Morgan fingerprint density at radius 1 is 1.73 bits per heavy atom. The standard InChI is InChI=1S/C7H10ClNOS/c1-5-6(3-2-4-8)11-7(10)9-5/h6H,2-4H2,1H3. The van der Waals surface area contributed by atoms with Crippen LogP contribution < -0.4 is 0 Å². The number of carbonyl (C=O) groups excluding carboxylic acids is 1. The Balaban J connectivity index is 2.38. The summed E-state index contributed by atoms with van der Waals surface area (Å²) < 4.78 is 0. The number of alkyl halides is 1. The number of amides is 1. The predicted octanol–water partition coefficient (Wildman–Crippen LogP) is 2.70. The first-order chi connectivity index (χ1) is 5.24. The van der Waals surface area contributed by atoms with Gasteiger partial charge in [0.15, 0.2) is 0 Å². The lowest BCUT2D eigenvalue weighted by Gasteiger charge is -2.04. The van der Waals surface area contributed by atoms with Gasteiger partial charge in [0.1, 0.15) is 0 Å². The summed E-state index contributed by atoms with van der Waals surface area (Å²) in [6.45, 7) is 1.90. The molecule has 1 aliphatic rings. The molecule has 1 atom stereocenters. The van der Waals surface area contributed by atoms with E-state index in [9.17, 15) is 4.79 Å². The van der Waals surface area contributed by atoms with E-state index in [2.05, 4.69) is 4.99 Å². The number of halogens is 1. The molecule has 0 spiro atoms. The topological polar surface area (TPSA) is 29.4 Å². The van der Waals surface area contributed by atoms with E-state index in [4.69, 9.17) is 11.6 Å². The normalized spacial score (nSPS) is 24.0. The van der Waals surface area contributed by atoms with Crippen molar-refractivity contribution in [2.75, 3.05) is 5.88 Å². The maximum atomic E-state index is 10.8. The van der Waals surface area contributed by atoms with Crippen LogP contribution in [-0.4, -0.2) is 22.1 Å². The zero-order valence-electron chi connectivity index (χ0n) is 6.34. The third kappa shape index (κ3) is 2.49. The minimum Gasteiger partial charge on any atom is -0.259 e. The molecule has 2 nitrogen and oxygen atoms in total. The molecule has 0 aromatic rings. The van der Waals surface area contributed by atoms with Crippen LogP contribution in [0, 0.1) is 0 Å². The highest BCUT2D eigenvalue weighted by molar-refractivity contribution is 8.15. The van der Waals surface area contributed by atoms with Gasteiger partial charge in [-0.1, -0.05) is 11.8 Å². The molecule has 62 valence electrons. The van der Waals surface area contributed by atoms with Gasteiger partial charge in [0.05, 0.1) is 5.25 Å². The summed E-state index contributed by atoms with van der Waals surface area (Å²) >= 11 is 6.84. The maximum Gasteiger partial charge on any atom is 0.305 e. The Kier molecular flexibility index (Phi) is 3.40. The molecule has 0 fully saturated rings. The van der Waals surface area contributed by atoms with E-state index in [0.717, 1.165) is 18.6 Å². The number of nitrogens with zero attached hydrogens (tertiary/aromatic N) is 1. The average Bonchev–Trinajstić information content (AvgIpc) is 2.26. The highest BCUT2D eigenvalue weighted by Gasteiger charge is 2.23. The van der Waals surface area contributed by atoms with Gasteiger partial charge in [-0.15, -0.1) is 11.6 Å². The van der Waals surface area contributed by atoms with E-state index in [1.807, 2.05) is 6.92 Å². The molecule has 1 unspecified atom stereocenters. The van der Waals surface area contributed by atoms with E-state index < -0.39 is 0 Å². The lowest BCUT2D eigenvalue weighted by atomic mass is 10.2. The van der Waals surface area contributed by atoms with Crippen LogP contribution in [0.1, 0.15) is 19.8 Å². The Hall–Kier alpha value is -0.0200. The summed E-state index contributed by atoms with van der Waals surface area (Å²) in [5.74, 6) is 0.665. The predicted molar refractivity (Wildman–Crippen MR) is 49.8 cm³/mol. The van der Waals surface area contributed by atoms with Crippen LogP contribution in [0.2, 0.25) is 0 Å². The summed E-state index contributed by atoms with van der Waals surface area (Å²) in [7, 11) is 0. The number of carbonyl (C=O) groups is 1. The fraction of sp³-hybridized carbons (Fsp3) is 0.714. The van der Waals surface area contributed by atoms with Crippen LogP contribution in [0.5, 0.6) is 0 Å². The van der Waals surface area contributed by atoms with Crippen molar-refractivity contribution in [3.8, 4) is 0 Å². The molecule has 1 heterocycles. The summed E-state index contributed by atoms with van der Waals surface area (Å²) in [6.07, 6.45) is 1.93. The van der Waals surface area contributed by atoms with Crippen LogP contribution in [0.15, 0.2) is 4.99 Å². The largest absolute Gasteiger partial charge is 0.305 e. The van der Waals surface area contributed by atoms with Crippen molar-refractivity contribution < 1.29 is 4.79 Å². The Labute approximate surface area is 75.4 Å². The van der Waals surface area contributed by atoms with Crippen molar-refractivity contribution >= 4 is 34.3 Å². The molecule has 1 amide bonds. The van der Waals surface area contributed by atoms with Gasteiger partial charge >= 0.3 is 5.24 Å². The SMILES string of the molecule is CC1=NC(=O)SC1CCCCl. The third-order valence-electron chi connectivity index (χ3n) is 1.58. The van der Waals surface area contributed by atoms with E-state index in [1.165, 1.54) is 11.8 Å². The van der Waals surface area contributed by atoms with Gasteiger partial charge in [-0.2, -0.15) is 0 Å². The first-order valence-corrected chi connectivity index (χ1v) is 4.97. The van der Waals surface area contributed by atoms with Crippen LogP contribution in [0.3, 0.4) is 0 Å². The lowest BCUT2D eigenvalue weighted by Crippen LogP contribution is -2.09. The van der Waals surface area contributed by atoms with Crippen molar-refractivity contribution in [3.63, 3.8) is 0 Å². The number of hydrogen-bond donors (Lipinski definition) is 0. The molecule has 0 N–H and O–H groups in total. The second-order valence-electron chi connectivity index (χ2n) is 2.46. The highest BCUT2D eigenvalue weighted by Crippen LogP contribution is 2.26. The second kappa shape index (κ2) is 4.12. The van der Waals surface area contributed by atoms with Gasteiger partial charge in [-0.3, -0.25) is 4.79 Å². The summed E-state index contributed by atoms with van der Waals surface area (Å²) in [6, 6.07) is 0. The van der Waals surface area contributed by atoms with Gasteiger partial charge in [0.2, 0.25) is 0 Å². The molecule has 11 heavy (non-hydrogen) atoms. The number of rotatable bonds is 3. The fourth-order valence-electron chi connectivity index (χ4n) is 0.980. The van der Waals surface area contributed by atoms with Gasteiger partial charge in [-0.25, -0.2) is 4.99 Å². The maximum absolute atomic E-state index is 10.8. The Morgan fingerprint density at radius 2 is 2.45 bits per heavy atom. The molecule has 0 bridgehead atoms. The molecular formula is C7H10ClNOS. The minimum atomic E-state index is -0.0536. The van der Waals surface area contributed by atoms with Crippen molar-refractivity contribution in [2.24, 2.45) is 4.99 Å². The van der Waals surface area contributed by atoms with Crippen LogP contribution in [0.4, 0.5) is 4.79 Å². The van der Waals surface area contributed by atoms with Crippen molar-refractivity contribution in [1.82, 2.24) is 0 Å². The van der Waals surface area contributed by atoms with E-state index in [-0.39, 0.29) is 5.24 Å². The van der Waals surface area contributed by atoms with E-state index in [1.54, 1.807) is 0 Å². The van der Waals surface area contributed by atoms with Crippen molar-refractivity contribution in [3.05, 3.63) is 0 Å².